The molecule has 1 aromatic carbocycles. The quantitative estimate of drug-likeness (QED) is 0.796. The first-order chi connectivity index (χ1) is 11.3. The van der Waals surface area contributed by atoms with E-state index in [-0.39, 0.29) is 6.09 Å². The number of nitrogens with zero attached hydrogens (tertiary/aromatic N) is 4. The summed E-state index contributed by atoms with van der Waals surface area (Å²) in [5.41, 5.74) is 1.17. The molecule has 0 atom stereocenters. The van der Waals surface area contributed by atoms with Crippen molar-refractivity contribution in [1.29, 1.82) is 0 Å². The van der Waals surface area contributed by atoms with Crippen LogP contribution in [-0.4, -0.2) is 51.8 Å². The van der Waals surface area contributed by atoms with E-state index < -0.39 is 5.60 Å². The van der Waals surface area contributed by atoms with E-state index >= 15 is 0 Å². The molecule has 0 spiro atoms. The lowest BCUT2D eigenvalue weighted by molar-refractivity contribution is -0.00371. The van der Waals surface area contributed by atoms with Gasteiger partial charge in [-0.2, -0.15) is 0 Å². The summed E-state index contributed by atoms with van der Waals surface area (Å²) in [6.07, 6.45) is -0.259. The van der Waals surface area contributed by atoms with Crippen molar-refractivity contribution in [3.63, 3.8) is 0 Å². The van der Waals surface area contributed by atoms with Crippen LogP contribution in [0.3, 0.4) is 0 Å². The van der Waals surface area contributed by atoms with Crippen molar-refractivity contribution >= 4 is 33.1 Å². The van der Waals surface area contributed by atoms with E-state index in [0.29, 0.717) is 31.3 Å². The molecule has 130 valence electrons. The van der Waals surface area contributed by atoms with E-state index in [0.717, 1.165) is 15.5 Å². The van der Waals surface area contributed by atoms with Crippen molar-refractivity contribution in [2.45, 2.75) is 32.9 Å². The second-order valence-corrected chi connectivity index (χ2v) is 7.82. The lowest BCUT2D eigenvalue weighted by Crippen LogP contribution is -2.52. The lowest BCUT2D eigenvalue weighted by Gasteiger charge is -2.39. The molecule has 2 aromatic rings. The molecule has 2 heterocycles. The van der Waals surface area contributed by atoms with Crippen LogP contribution in [0.15, 0.2) is 16.6 Å². The van der Waals surface area contributed by atoms with Gasteiger partial charge in [0.05, 0.1) is 7.11 Å². The number of hydrogen-bond donors (Lipinski definition) is 0. The normalized spacial score (nSPS) is 15.5. The molecule has 1 aromatic heterocycles. The fraction of sp³-hybridized carbons (Fsp3) is 0.562. The van der Waals surface area contributed by atoms with Crippen molar-refractivity contribution in [1.82, 2.24) is 19.9 Å². The number of ether oxygens (including phenoxy) is 2. The Bertz CT molecular complexity index is 763. The van der Waals surface area contributed by atoms with Crippen LogP contribution >= 0.6 is 15.9 Å². The van der Waals surface area contributed by atoms with Crippen LogP contribution in [0.25, 0.3) is 11.0 Å². The minimum Gasteiger partial charge on any atom is -0.494 e. The van der Waals surface area contributed by atoms with Gasteiger partial charge in [0.15, 0.2) is 5.52 Å². The van der Waals surface area contributed by atoms with E-state index in [1.165, 1.54) is 0 Å². The molecule has 1 aliphatic rings. The van der Waals surface area contributed by atoms with E-state index in [1.807, 2.05) is 37.6 Å². The summed E-state index contributed by atoms with van der Waals surface area (Å²) in [5, 5.41) is 8.45. The maximum absolute atomic E-state index is 12.0. The molecule has 24 heavy (non-hydrogen) atoms. The number of likely N-dealkylation sites (tertiary alicyclic amines) is 1. The minimum absolute atomic E-state index is 0.259. The summed E-state index contributed by atoms with van der Waals surface area (Å²) in [6, 6.07) is 3.79. The first-order valence-electron chi connectivity index (χ1n) is 7.82. The highest BCUT2D eigenvalue weighted by Gasteiger charge is 2.34. The standard InChI is InChI=1S/C16H21BrN4O3/c1-16(2,3)24-15(22)20-7-10(8-20)9-21-14-11(17)5-6-12(23-4)13(14)18-19-21/h5-6,10H,7-9H2,1-4H3. The monoisotopic (exact) mass is 396 g/mol. The maximum atomic E-state index is 12.0. The Morgan fingerprint density at radius 3 is 2.71 bits per heavy atom. The SMILES string of the molecule is COc1ccc(Br)c2c1nnn2CC1CN(C(=O)OC(C)(C)C)C1. The van der Waals surface area contributed by atoms with E-state index in [2.05, 4.69) is 26.2 Å². The van der Waals surface area contributed by atoms with Gasteiger partial charge in [-0.25, -0.2) is 9.48 Å². The number of carbonyl (C=O) groups is 1. The van der Waals surface area contributed by atoms with Crippen LogP contribution in [0.2, 0.25) is 0 Å². The number of methoxy groups -OCH3 is 1. The van der Waals surface area contributed by atoms with Crippen LogP contribution in [-0.2, 0) is 11.3 Å². The second-order valence-electron chi connectivity index (χ2n) is 6.97. The van der Waals surface area contributed by atoms with E-state index in [4.69, 9.17) is 9.47 Å². The first-order valence-corrected chi connectivity index (χ1v) is 8.61. The third kappa shape index (κ3) is 3.33. The summed E-state index contributed by atoms with van der Waals surface area (Å²) in [6.45, 7) is 7.63. The maximum Gasteiger partial charge on any atom is 0.410 e. The smallest absolute Gasteiger partial charge is 0.410 e. The van der Waals surface area contributed by atoms with E-state index in [9.17, 15) is 4.79 Å². The molecule has 8 heteroatoms. The average molecular weight is 397 g/mol. The van der Waals surface area contributed by atoms with Gasteiger partial charge in [-0.15, -0.1) is 5.10 Å². The third-order valence-corrected chi connectivity index (χ3v) is 4.48. The highest BCUT2D eigenvalue weighted by atomic mass is 79.9. The van der Waals surface area contributed by atoms with Crippen molar-refractivity contribution < 1.29 is 14.3 Å². The Morgan fingerprint density at radius 2 is 2.08 bits per heavy atom. The summed E-state index contributed by atoms with van der Waals surface area (Å²) < 4.78 is 13.5. The number of aromatic nitrogens is 3. The van der Waals surface area contributed by atoms with Crippen LogP contribution in [0, 0.1) is 5.92 Å². The Hall–Kier alpha value is -1.83. The van der Waals surface area contributed by atoms with E-state index in [1.54, 1.807) is 12.0 Å². The van der Waals surface area contributed by atoms with Gasteiger partial charge in [0, 0.05) is 30.0 Å². The highest BCUT2D eigenvalue weighted by Crippen LogP contribution is 2.31. The van der Waals surface area contributed by atoms with Crippen molar-refractivity contribution in [3.8, 4) is 5.75 Å². The van der Waals surface area contributed by atoms with Gasteiger partial charge in [-0.1, -0.05) is 5.21 Å². The summed E-state index contributed by atoms with van der Waals surface area (Å²) in [7, 11) is 1.62. The molecule has 3 rings (SSSR count). The number of fused-ring (bicyclic) bond motifs is 1. The lowest BCUT2D eigenvalue weighted by atomic mass is 10.0. The molecule has 0 aliphatic carbocycles. The number of carbonyl (C=O) groups excluding carboxylic acids is 1. The zero-order valence-electron chi connectivity index (χ0n) is 14.2. The predicted octanol–water partition coefficient (Wildman–Crippen LogP) is 3.07. The number of benzene rings is 1. The molecule has 0 unspecified atom stereocenters. The Labute approximate surface area is 149 Å². The summed E-state index contributed by atoms with van der Waals surface area (Å²) in [5.74, 6) is 1.03. The van der Waals surface area contributed by atoms with Gasteiger partial charge in [-0.05, 0) is 48.8 Å². The largest absolute Gasteiger partial charge is 0.494 e. The molecule has 0 radical (unpaired) electrons. The molecule has 1 aliphatic heterocycles. The molecular weight excluding hydrogens is 376 g/mol. The van der Waals surface area contributed by atoms with Gasteiger partial charge in [0.2, 0.25) is 0 Å². The van der Waals surface area contributed by atoms with Crippen molar-refractivity contribution in [2.75, 3.05) is 20.2 Å². The Kier molecular flexibility index (Phi) is 4.42. The molecule has 1 saturated heterocycles. The predicted molar refractivity (Wildman–Crippen MR) is 93.1 cm³/mol. The number of rotatable bonds is 3. The van der Waals surface area contributed by atoms with Crippen LogP contribution in [0.4, 0.5) is 4.79 Å². The molecule has 0 bridgehead atoms. The van der Waals surface area contributed by atoms with Gasteiger partial charge in [0.1, 0.15) is 16.9 Å². The average Bonchev–Trinajstić information content (AvgIpc) is 2.85. The van der Waals surface area contributed by atoms with Crippen LogP contribution in [0.5, 0.6) is 5.75 Å². The summed E-state index contributed by atoms with van der Waals surface area (Å²) in [4.78, 5) is 13.7. The fourth-order valence-corrected chi connectivity index (χ4v) is 3.24. The number of amides is 1. The van der Waals surface area contributed by atoms with Gasteiger partial charge in [-0.3, -0.25) is 0 Å². The molecule has 0 N–H and O–H groups in total. The zero-order valence-corrected chi connectivity index (χ0v) is 15.8. The molecule has 1 fully saturated rings. The Morgan fingerprint density at radius 1 is 1.38 bits per heavy atom. The first kappa shape index (κ1) is 17.0. The number of halogens is 1. The van der Waals surface area contributed by atoms with Gasteiger partial charge < -0.3 is 14.4 Å². The van der Waals surface area contributed by atoms with Crippen molar-refractivity contribution in [2.24, 2.45) is 5.92 Å². The zero-order chi connectivity index (χ0) is 17.5. The fourth-order valence-electron chi connectivity index (χ4n) is 2.72. The molecule has 1 amide bonds. The third-order valence-electron chi connectivity index (χ3n) is 3.84. The molecular formula is C16H21BrN4O3. The summed E-state index contributed by atoms with van der Waals surface area (Å²) >= 11 is 3.55. The van der Waals surface area contributed by atoms with Gasteiger partial charge >= 0.3 is 6.09 Å². The highest BCUT2D eigenvalue weighted by molar-refractivity contribution is 9.10. The molecule has 0 saturated carbocycles. The minimum atomic E-state index is -0.467. The van der Waals surface area contributed by atoms with Crippen molar-refractivity contribution in [3.05, 3.63) is 16.6 Å². The van der Waals surface area contributed by atoms with Gasteiger partial charge in [0.25, 0.3) is 0 Å². The van der Waals surface area contributed by atoms with Crippen LogP contribution in [0.1, 0.15) is 20.8 Å². The van der Waals surface area contributed by atoms with Crippen LogP contribution < -0.4 is 4.74 Å². The number of hydrogen-bond acceptors (Lipinski definition) is 5. The topological polar surface area (TPSA) is 69.5 Å². The second kappa shape index (κ2) is 6.23. The molecule has 7 nitrogen and oxygen atoms in total. The Balaban J connectivity index is 1.67.